The van der Waals surface area contributed by atoms with Crippen LogP contribution < -0.4 is 15.8 Å². The van der Waals surface area contributed by atoms with Gasteiger partial charge in [-0.2, -0.15) is 0 Å². The van der Waals surface area contributed by atoms with Gasteiger partial charge in [-0.05, 0) is 37.1 Å². The van der Waals surface area contributed by atoms with E-state index in [-0.39, 0.29) is 17.3 Å². The first-order valence-electron chi connectivity index (χ1n) is 6.76. The fourth-order valence-corrected chi connectivity index (χ4v) is 1.88. The molecule has 0 atom stereocenters. The Hall–Kier alpha value is -2.30. The number of nitrogens with one attached hydrogen (secondary N) is 1. The first-order valence-corrected chi connectivity index (χ1v) is 6.76. The van der Waals surface area contributed by atoms with Gasteiger partial charge in [0.1, 0.15) is 5.82 Å². The molecule has 0 unspecified atom stereocenters. The van der Waals surface area contributed by atoms with E-state index < -0.39 is 5.82 Å². The minimum Gasteiger partial charge on any atom is -0.490 e. The van der Waals surface area contributed by atoms with E-state index in [9.17, 15) is 8.78 Å². The van der Waals surface area contributed by atoms with Crippen molar-refractivity contribution in [1.82, 2.24) is 0 Å². The number of anilines is 3. The monoisotopic (exact) mass is 292 g/mol. The van der Waals surface area contributed by atoms with Crippen molar-refractivity contribution < 1.29 is 13.5 Å². The summed E-state index contributed by atoms with van der Waals surface area (Å²) in [6, 6.07) is 7.34. The largest absolute Gasteiger partial charge is 0.490 e. The summed E-state index contributed by atoms with van der Waals surface area (Å²) in [4.78, 5) is 0. The molecule has 21 heavy (non-hydrogen) atoms. The van der Waals surface area contributed by atoms with E-state index in [0.29, 0.717) is 23.5 Å². The van der Waals surface area contributed by atoms with Crippen LogP contribution in [0.1, 0.15) is 18.9 Å². The van der Waals surface area contributed by atoms with Gasteiger partial charge in [-0.25, -0.2) is 8.78 Å². The number of hydrogen-bond acceptors (Lipinski definition) is 3. The molecule has 0 saturated heterocycles. The van der Waals surface area contributed by atoms with Gasteiger partial charge in [-0.15, -0.1) is 0 Å². The lowest BCUT2D eigenvalue weighted by atomic mass is 10.2. The molecule has 0 amide bonds. The molecule has 0 heterocycles. The zero-order valence-corrected chi connectivity index (χ0v) is 12.0. The third-order valence-corrected chi connectivity index (χ3v) is 3.00. The molecule has 3 nitrogen and oxygen atoms in total. The van der Waals surface area contributed by atoms with Gasteiger partial charge < -0.3 is 15.8 Å². The summed E-state index contributed by atoms with van der Waals surface area (Å²) in [5, 5.41) is 3.05. The first-order chi connectivity index (χ1) is 10.0. The summed E-state index contributed by atoms with van der Waals surface area (Å²) >= 11 is 0. The second kappa shape index (κ2) is 6.43. The number of rotatable bonds is 5. The predicted molar refractivity (Wildman–Crippen MR) is 81.0 cm³/mol. The van der Waals surface area contributed by atoms with Crippen LogP contribution in [0.5, 0.6) is 5.75 Å². The van der Waals surface area contributed by atoms with E-state index in [0.717, 1.165) is 6.42 Å². The molecular formula is C16H18F2N2O. The molecule has 2 rings (SSSR count). The predicted octanol–water partition coefficient (Wildman–Crippen LogP) is 4.39. The van der Waals surface area contributed by atoms with Gasteiger partial charge in [0.25, 0.3) is 0 Å². The van der Waals surface area contributed by atoms with Crippen LogP contribution in [0.2, 0.25) is 0 Å². The summed E-state index contributed by atoms with van der Waals surface area (Å²) < 4.78 is 32.3. The molecule has 112 valence electrons. The number of nitrogens with two attached hydrogens (primary N) is 1. The van der Waals surface area contributed by atoms with Gasteiger partial charge in [-0.1, -0.05) is 6.92 Å². The van der Waals surface area contributed by atoms with Gasteiger partial charge >= 0.3 is 0 Å². The molecule has 0 fully saturated rings. The van der Waals surface area contributed by atoms with E-state index in [1.165, 1.54) is 18.2 Å². The SMILES string of the molecule is CCCOc1cc(Nc2ccc(F)c(C)c2)c(N)cc1F. The molecule has 0 spiro atoms. The quantitative estimate of drug-likeness (QED) is 0.804. The Morgan fingerprint density at radius 2 is 1.90 bits per heavy atom. The first kappa shape index (κ1) is 15.1. The highest BCUT2D eigenvalue weighted by molar-refractivity contribution is 5.74. The fourth-order valence-electron chi connectivity index (χ4n) is 1.88. The normalized spacial score (nSPS) is 10.5. The standard InChI is InChI=1S/C16H18F2N2O/c1-3-6-21-16-9-15(14(19)8-13(16)18)20-11-4-5-12(17)10(2)7-11/h4-5,7-9,20H,3,6,19H2,1-2H3. The van der Waals surface area contributed by atoms with Gasteiger partial charge in [0.2, 0.25) is 0 Å². The minimum atomic E-state index is -0.498. The Bertz CT molecular complexity index is 644. The number of halogens is 2. The van der Waals surface area contributed by atoms with Crippen LogP contribution in [0.3, 0.4) is 0 Å². The van der Waals surface area contributed by atoms with Crippen LogP contribution in [0.4, 0.5) is 25.8 Å². The number of benzene rings is 2. The van der Waals surface area contributed by atoms with Crippen molar-refractivity contribution in [2.45, 2.75) is 20.3 Å². The molecular weight excluding hydrogens is 274 g/mol. The molecule has 0 aliphatic heterocycles. The van der Waals surface area contributed by atoms with E-state index in [4.69, 9.17) is 10.5 Å². The Morgan fingerprint density at radius 1 is 1.14 bits per heavy atom. The van der Waals surface area contributed by atoms with Crippen molar-refractivity contribution in [3.8, 4) is 5.75 Å². The highest BCUT2D eigenvalue weighted by atomic mass is 19.1. The van der Waals surface area contributed by atoms with Gasteiger partial charge in [0.15, 0.2) is 11.6 Å². The highest BCUT2D eigenvalue weighted by Crippen LogP contribution is 2.31. The third-order valence-electron chi connectivity index (χ3n) is 3.00. The number of aryl methyl sites for hydroxylation is 1. The van der Waals surface area contributed by atoms with Crippen LogP contribution in [0, 0.1) is 18.6 Å². The zero-order valence-electron chi connectivity index (χ0n) is 12.0. The lowest BCUT2D eigenvalue weighted by molar-refractivity contribution is 0.301. The van der Waals surface area contributed by atoms with Crippen LogP contribution in [0.25, 0.3) is 0 Å². The number of nitrogen functional groups attached to an aromatic ring is 1. The minimum absolute atomic E-state index is 0.146. The topological polar surface area (TPSA) is 47.3 Å². The maximum absolute atomic E-state index is 13.7. The zero-order chi connectivity index (χ0) is 15.4. The van der Waals surface area contributed by atoms with Crippen molar-refractivity contribution in [2.24, 2.45) is 0 Å². The third kappa shape index (κ3) is 3.62. The summed E-state index contributed by atoms with van der Waals surface area (Å²) in [6.07, 6.45) is 0.781. The molecule has 3 N–H and O–H groups in total. The van der Waals surface area contributed by atoms with Crippen LogP contribution in [-0.4, -0.2) is 6.61 Å². The molecule has 0 aromatic heterocycles. The number of hydrogen-bond donors (Lipinski definition) is 2. The Balaban J connectivity index is 2.28. The van der Waals surface area contributed by atoms with Crippen molar-refractivity contribution in [1.29, 1.82) is 0 Å². The van der Waals surface area contributed by atoms with Crippen LogP contribution in [0.15, 0.2) is 30.3 Å². The average molecular weight is 292 g/mol. The van der Waals surface area contributed by atoms with Crippen molar-refractivity contribution in [2.75, 3.05) is 17.7 Å². The molecule has 2 aromatic carbocycles. The Morgan fingerprint density at radius 3 is 2.57 bits per heavy atom. The van der Waals surface area contributed by atoms with Gasteiger partial charge in [0, 0.05) is 17.8 Å². The molecule has 0 aliphatic rings. The summed E-state index contributed by atoms with van der Waals surface area (Å²) in [5.41, 5.74) is 7.78. The van der Waals surface area contributed by atoms with Crippen molar-refractivity contribution in [3.05, 3.63) is 47.5 Å². The Labute approximate surface area is 122 Å². The molecule has 5 heteroatoms. The fraction of sp³-hybridized carbons (Fsp3) is 0.250. The molecule has 2 aromatic rings. The summed E-state index contributed by atoms with van der Waals surface area (Å²) in [7, 11) is 0. The van der Waals surface area contributed by atoms with Gasteiger partial charge in [0.05, 0.1) is 18.0 Å². The van der Waals surface area contributed by atoms with E-state index in [1.807, 2.05) is 6.92 Å². The molecule has 0 saturated carbocycles. The van der Waals surface area contributed by atoms with Gasteiger partial charge in [-0.3, -0.25) is 0 Å². The van der Waals surface area contributed by atoms with Crippen molar-refractivity contribution in [3.63, 3.8) is 0 Å². The molecule has 0 bridgehead atoms. The lowest BCUT2D eigenvalue weighted by Crippen LogP contribution is -2.02. The average Bonchev–Trinajstić information content (AvgIpc) is 2.44. The smallest absolute Gasteiger partial charge is 0.167 e. The second-order valence-corrected chi connectivity index (χ2v) is 4.81. The molecule has 0 aliphatic carbocycles. The Kier molecular flexibility index (Phi) is 4.62. The van der Waals surface area contributed by atoms with E-state index >= 15 is 0 Å². The molecule has 0 radical (unpaired) electrons. The van der Waals surface area contributed by atoms with E-state index in [1.54, 1.807) is 19.1 Å². The lowest BCUT2D eigenvalue weighted by Gasteiger charge is -2.13. The number of ether oxygens (including phenoxy) is 1. The van der Waals surface area contributed by atoms with Crippen LogP contribution in [-0.2, 0) is 0 Å². The maximum atomic E-state index is 13.7. The summed E-state index contributed by atoms with van der Waals surface area (Å²) in [6.45, 7) is 4.04. The van der Waals surface area contributed by atoms with Crippen molar-refractivity contribution >= 4 is 17.1 Å². The van der Waals surface area contributed by atoms with Crippen LogP contribution >= 0.6 is 0 Å². The van der Waals surface area contributed by atoms with E-state index in [2.05, 4.69) is 5.32 Å². The highest BCUT2D eigenvalue weighted by Gasteiger charge is 2.10. The maximum Gasteiger partial charge on any atom is 0.167 e. The summed E-state index contributed by atoms with van der Waals surface area (Å²) in [5.74, 6) is -0.631. The second-order valence-electron chi connectivity index (χ2n) is 4.81.